The lowest BCUT2D eigenvalue weighted by molar-refractivity contribution is 0.147. The van der Waals surface area contributed by atoms with Crippen LogP contribution < -0.4 is 16.1 Å². The maximum atomic E-state index is 11.7. The molecule has 29 heavy (non-hydrogen) atoms. The van der Waals surface area contributed by atoms with Gasteiger partial charge in [0.15, 0.2) is 0 Å². The van der Waals surface area contributed by atoms with Crippen molar-refractivity contribution in [1.82, 2.24) is 5.32 Å². The third-order valence-corrected chi connectivity index (χ3v) is 4.90. The second-order valence-electron chi connectivity index (χ2n) is 9.48. The SMILES string of the molecule is CC(=S)C(=C(C)C)C(C)(C)C.CNCCOCCNc1c(C(C)(C)C)c(=S)c1=O. The van der Waals surface area contributed by atoms with E-state index in [9.17, 15) is 4.79 Å². The Hall–Kier alpha value is -0.950. The van der Waals surface area contributed by atoms with Crippen molar-refractivity contribution in [2.24, 2.45) is 5.41 Å². The summed E-state index contributed by atoms with van der Waals surface area (Å²) < 4.78 is 5.86. The van der Waals surface area contributed by atoms with Crippen molar-refractivity contribution in [3.63, 3.8) is 0 Å². The van der Waals surface area contributed by atoms with Crippen LogP contribution in [0.2, 0.25) is 0 Å². The van der Waals surface area contributed by atoms with Gasteiger partial charge in [0.05, 0.1) is 23.4 Å². The van der Waals surface area contributed by atoms with Crippen LogP contribution >= 0.6 is 24.4 Å². The van der Waals surface area contributed by atoms with Gasteiger partial charge in [-0.15, -0.1) is 0 Å². The largest absolute Gasteiger partial charge is 0.379 e. The molecule has 0 aliphatic carbocycles. The Morgan fingerprint density at radius 2 is 1.52 bits per heavy atom. The molecule has 1 aromatic carbocycles. The van der Waals surface area contributed by atoms with Crippen molar-refractivity contribution in [1.29, 1.82) is 0 Å². The molecule has 1 aromatic rings. The zero-order valence-electron chi connectivity index (χ0n) is 20.0. The number of nitrogens with one attached hydrogen (secondary N) is 2. The van der Waals surface area contributed by atoms with E-state index in [-0.39, 0.29) is 16.3 Å². The molecule has 0 atom stereocenters. The molecule has 1 rings (SSSR count). The highest BCUT2D eigenvalue weighted by Crippen LogP contribution is 2.31. The van der Waals surface area contributed by atoms with Gasteiger partial charge in [0.2, 0.25) is 5.43 Å². The Bertz CT molecular complexity index is 770. The summed E-state index contributed by atoms with van der Waals surface area (Å²) in [5.74, 6) is 0. The Balaban J connectivity index is 0.000000614. The monoisotopic (exact) mass is 440 g/mol. The second-order valence-corrected chi connectivity index (χ2v) is 10.5. The van der Waals surface area contributed by atoms with Crippen LogP contribution in [0.4, 0.5) is 5.69 Å². The van der Waals surface area contributed by atoms with Crippen molar-refractivity contribution in [2.45, 2.75) is 67.7 Å². The van der Waals surface area contributed by atoms with Gasteiger partial charge in [0.1, 0.15) is 0 Å². The van der Waals surface area contributed by atoms with Crippen LogP contribution in [0.5, 0.6) is 0 Å². The van der Waals surface area contributed by atoms with Crippen LogP contribution in [0.15, 0.2) is 15.9 Å². The fraction of sp³-hybridized carbons (Fsp3) is 0.696. The van der Waals surface area contributed by atoms with Gasteiger partial charge in [-0.1, -0.05) is 71.6 Å². The lowest BCUT2D eigenvalue weighted by Crippen LogP contribution is -2.30. The predicted octanol–water partition coefficient (Wildman–Crippen LogP) is 5.36. The van der Waals surface area contributed by atoms with E-state index in [1.54, 1.807) is 0 Å². The Labute approximate surface area is 188 Å². The van der Waals surface area contributed by atoms with Crippen LogP contribution in [-0.2, 0) is 10.2 Å². The van der Waals surface area contributed by atoms with Crippen molar-refractivity contribution < 1.29 is 4.74 Å². The minimum absolute atomic E-state index is 0.0369. The van der Waals surface area contributed by atoms with E-state index < -0.39 is 0 Å². The van der Waals surface area contributed by atoms with E-state index in [2.05, 4.69) is 66.0 Å². The first-order chi connectivity index (χ1) is 13.2. The van der Waals surface area contributed by atoms with Gasteiger partial charge < -0.3 is 15.4 Å². The molecule has 6 heteroatoms. The molecule has 0 saturated heterocycles. The highest BCUT2D eigenvalue weighted by atomic mass is 32.1. The topological polar surface area (TPSA) is 50.4 Å². The minimum atomic E-state index is -0.0830. The number of hydrogen-bond donors (Lipinski definition) is 2. The molecule has 0 spiro atoms. The van der Waals surface area contributed by atoms with Crippen molar-refractivity contribution >= 4 is 35.0 Å². The number of likely N-dealkylation sites (N-methyl/N-ethyl adjacent to an activating group) is 1. The smallest absolute Gasteiger partial charge is 0.220 e. The number of thiocarbonyl (C=S) groups is 1. The molecule has 0 amide bonds. The fourth-order valence-electron chi connectivity index (χ4n) is 3.43. The van der Waals surface area contributed by atoms with Gasteiger partial charge in [0.25, 0.3) is 0 Å². The molecule has 0 aliphatic heterocycles. The number of hydrogen-bond acceptors (Lipinski definition) is 6. The zero-order chi connectivity index (χ0) is 23.0. The first-order valence-electron chi connectivity index (χ1n) is 10.1. The van der Waals surface area contributed by atoms with E-state index >= 15 is 0 Å². The van der Waals surface area contributed by atoms with Crippen LogP contribution in [0.25, 0.3) is 0 Å². The average molecular weight is 441 g/mol. The van der Waals surface area contributed by atoms with E-state index in [0.29, 0.717) is 30.0 Å². The molecule has 2 N–H and O–H groups in total. The highest BCUT2D eigenvalue weighted by Gasteiger charge is 2.27. The average Bonchev–Trinajstić information content (AvgIpc) is 2.53. The normalized spacial score (nSPS) is 11.7. The summed E-state index contributed by atoms with van der Waals surface area (Å²) in [6.07, 6.45) is 0. The van der Waals surface area contributed by atoms with Gasteiger partial charge in [0, 0.05) is 23.5 Å². The molecule has 0 radical (unpaired) electrons. The van der Waals surface area contributed by atoms with Gasteiger partial charge in [-0.05, 0) is 44.2 Å². The molecule has 4 nitrogen and oxygen atoms in total. The molecule has 0 unspecified atom stereocenters. The number of ether oxygens (including phenoxy) is 1. The molecular weight excluding hydrogens is 400 g/mol. The van der Waals surface area contributed by atoms with Crippen LogP contribution in [-0.4, -0.2) is 38.2 Å². The minimum Gasteiger partial charge on any atom is -0.379 e. The fourth-order valence-corrected chi connectivity index (χ4v) is 4.45. The van der Waals surface area contributed by atoms with Crippen LogP contribution in [0.3, 0.4) is 0 Å². The Kier molecular flexibility index (Phi) is 11.6. The summed E-state index contributed by atoms with van der Waals surface area (Å²) in [6.45, 7) is 21.8. The lowest BCUT2D eigenvalue weighted by Gasteiger charge is -2.25. The quantitative estimate of drug-likeness (QED) is 0.323. The van der Waals surface area contributed by atoms with Gasteiger partial charge in [-0.2, -0.15) is 0 Å². The number of rotatable bonds is 8. The van der Waals surface area contributed by atoms with E-state index in [1.165, 1.54) is 11.1 Å². The zero-order valence-corrected chi connectivity index (χ0v) is 21.6. The lowest BCUT2D eigenvalue weighted by atomic mass is 9.82. The summed E-state index contributed by atoms with van der Waals surface area (Å²) in [5.41, 5.74) is 4.38. The summed E-state index contributed by atoms with van der Waals surface area (Å²) in [6, 6.07) is 0. The summed E-state index contributed by atoms with van der Waals surface area (Å²) in [7, 11) is 1.88. The van der Waals surface area contributed by atoms with Crippen molar-refractivity contribution in [3.8, 4) is 0 Å². The van der Waals surface area contributed by atoms with Crippen LogP contribution in [0, 0.1) is 9.93 Å². The molecule has 0 bridgehead atoms. The van der Waals surface area contributed by atoms with E-state index in [0.717, 1.165) is 17.0 Å². The van der Waals surface area contributed by atoms with Crippen LogP contribution in [0.1, 0.15) is 67.9 Å². The van der Waals surface area contributed by atoms with E-state index in [4.69, 9.17) is 29.2 Å². The highest BCUT2D eigenvalue weighted by molar-refractivity contribution is 7.80. The Morgan fingerprint density at radius 3 is 1.86 bits per heavy atom. The van der Waals surface area contributed by atoms with Gasteiger partial charge >= 0.3 is 0 Å². The first kappa shape index (κ1) is 28.1. The molecule has 0 heterocycles. The molecule has 166 valence electrons. The number of allylic oxidation sites excluding steroid dienone is 2. The maximum Gasteiger partial charge on any atom is 0.220 e. The first-order valence-corrected chi connectivity index (χ1v) is 11.0. The molecule has 0 fully saturated rings. The predicted molar refractivity (Wildman–Crippen MR) is 134 cm³/mol. The van der Waals surface area contributed by atoms with Gasteiger partial charge in [-0.25, -0.2) is 0 Å². The molecular formula is C23H40N2O2S2. The molecule has 0 aliphatic rings. The molecule has 0 saturated carbocycles. The maximum absolute atomic E-state index is 11.7. The summed E-state index contributed by atoms with van der Waals surface area (Å²) in [4.78, 5) is 12.7. The number of anilines is 1. The Morgan fingerprint density at radius 1 is 1.00 bits per heavy atom. The standard InChI is InChI=1S/C13H22N2O2S.C10H18S/c1-13(2,3)9-10(11(16)12(9)18)15-6-8-17-7-5-14-4;1-7(2)9(8(3)11)10(4,5)6/h14-15H,5-8H2,1-4H3;1-6H3. The van der Waals surface area contributed by atoms with E-state index in [1.807, 2.05) is 14.0 Å². The third-order valence-electron chi connectivity index (χ3n) is 4.31. The van der Waals surface area contributed by atoms with Crippen molar-refractivity contribution in [3.05, 3.63) is 31.4 Å². The summed E-state index contributed by atoms with van der Waals surface area (Å²) >= 11 is 10.3. The molecule has 0 aromatic heterocycles. The third kappa shape index (κ3) is 9.16. The second kappa shape index (κ2) is 12.0. The summed E-state index contributed by atoms with van der Waals surface area (Å²) in [5, 5.41) is 6.13. The van der Waals surface area contributed by atoms with Gasteiger partial charge in [-0.3, -0.25) is 4.79 Å². The van der Waals surface area contributed by atoms with Crippen molar-refractivity contribution in [2.75, 3.05) is 38.7 Å².